The van der Waals surface area contributed by atoms with Crippen molar-refractivity contribution in [1.29, 1.82) is 0 Å². The van der Waals surface area contributed by atoms with Crippen molar-refractivity contribution in [3.05, 3.63) is 0 Å². The highest BCUT2D eigenvalue weighted by atomic mass is 19.3. The van der Waals surface area contributed by atoms with Crippen molar-refractivity contribution in [2.24, 2.45) is 5.73 Å². The van der Waals surface area contributed by atoms with E-state index in [2.05, 4.69) is 0 Å². The number of rotatable bonds is 1. The van der Waals surface area contributed by atoms with Gasteiger partial charge in [-0.25, -0.2) is 8.78 Å². The lowest BCUT2D eigenvalue weighted by Crippen LogP contribution is -2.45. The minimum atomic E-state index is -2.57. The highest BCUT2D eigenvalue weighted by Crippen LogP contribution is 2.33. The minimum absolute atomic E-state index is 0.103. The summed E-state index contributed by atoms with van der Waals surface area (Å²) < 4.78 is 30.2. The Bertz CT molecular complexity index is 140. The molecule has 2 nitrogen and oxygen atoms in total. The van der Waals surface area contributed by atoms with Crippen molar-refractivity contribution in [1.82, 2.24) is 0 Å². The largest absolute Gasteiger partial charge is 0.380 e. The molecule has 1 aliphatic carbocycles. The van der Waals surface area contributed by atoms with Crippen LogP contribution in [0.3, 0.4) is 0 Å². The third-order valence-electron chi connectivity index (χ3n) is 2.12. The Balaban J connectivity index is 2.51. The summed E-state index contributed by atoms with van der Waals surface area (Å²) in [5.74, 6) is -2.57. The quantitative estimate of drug-likeness (QED) is 0.632. The summed E-state index contributed by atoms with van der Waals surface area (Å²) in [6.45, 7) is 0. The maximum Gasteiger partial charge on any atom is 0.250 e. The Morgan fingerprint density at radius 2 is 2.18 bits per heavy atom. The summed E-state index contributed by atoms with van der Waals surface area (Å²) in [6.07, 6.45) is -0.455. The predicted molar refractivity (Wildman–Crippen MR) is 37.6 cm³/mol. The summed E-state index contributed by atoms with van der Waals surface area (Å²) in [7, 11) is 1.42. The molecule has 1 rings (SSSR count). The zero-order chi connectivity index (χ0) is 8.48. The fraction of sp³-hybridized carbons (Fsp3) is 1.00. The molecule has 0 amide bonds. The van der Waals surface area contributed by atoms with Crippen LogP contribution in [0.5, 0.6) is 0 Å². The van der Waals surface area contributed by atoms with Crippen LogP contribution < -0.4 is 5.73 Å². The molecule has 2 atom stereocenters. The smallest absolute Gasteiger partial charge is 0.250 e. The lowest BCUT2D eigenvalue weighted by molar-refractivity contribution is -0.0935. The molecule has 1 fully saturated rings. The standard InChI is InChI=1S/C7H13F2NO/c1-11-6-4-7(8,9)3-2-5(6)10/h5-6H,2-4,10H2,1H3. The molecule has 0 saturated heterocycles. The molecule has 0 spiro atoms. The fourth-order valence-electron chi connectivity index (χ4n) is 1.37. The molecule has 1 saturated carbocycles. The Hall–Kier alpha value is -0.220. The third kappa shape index (κ3) is 2.10. The first-order chi connectivity index (χ1) is 5.05. The maximum absolute atomic E-state index is 12.7. The predicted octanol–water partition coefficient (Wildman–Crippen LogP) is 1.15. The maximum atomic E-state index is 12.7. The summed E-state index contributed by atoms with van der Waals surface area (Å²) in [6, 6.07) is -0.223. The van der Waals surface area contributed by atoms with E-state index in [1.807, 2.05) is 0 Å². The SMILES string of the molecule is COC1CC(F)(F)CCC1N. The van der Waals surface area contributed by atoms with Crippen LogP contribution in [0.2, 0.25) is 0 Å². The van der Waals surface area contributed by atoms with Crippen LogP contribution in [-0.4, -0.2) is 25.2 Å². The van der Waals surface area contributed by atoms with E-state index in [9.17, 15) is 8.78 Å². The van der Waals surface area contributed by atoms with Gasteiger partial charge in [0.05, 0.1) is 6.10 Å². The zero-order valence-electron chi connectivity index (χ0n) is 6.52. The third-order valence-corrected chi connectivity index (χ3v) is 2.12. The molecule has 0 bridgehead atoms. The molecule has 2 N–H and O–H groups in total. The van der Waals surface area contributed by atoms with Crippen LogP contribution in [0.4, 0.5) is 8.78 Å². The van der Waals surface area contributed by atoms with Gasteiger partial charge in [-0.2, -0.15) is 0 Å². The van der Waals surface area contributed by atoms with Gasteiger partial charge in [0.1, 0.15) is 0 Å². The summed E-state index contributed by atoms with van der Waals surface area (Å²) in [5, 5.41) is 0. The van der Waals surface area contributed by atoms with Gasteiger partial charge in [0, 0.05) is 26.0 Å². The van der Waals surface area contributed by atoms with Gasteiger partial charge in [-0.3, -0.25) is 0 Å². The lowest BCUT2D eigenvalue weighted by atomic mass is 9.90. The molecule has 1 aliphatic rings. The number of ether oxygens (including phenoxy) is 1. The van der Waals surface area contributed by atoms with E-state index >= 15 is 0 Å². The first-order valence-electron chi connectivity index (χ1n) is 3.71. The Morgan fingerprint density at radius 3 is 2.64 bits per heavy atom. The topological polar surface area (TPSA) is 35.2 Å². The normalized spacial score (nSPS) is 37.1. The van der Waals surface area contributed by atoms with Crippen LogP contribution >= 0.6 is 0 Å². The van der Waals surface area contributed by atoms with Gasteiger partial charge in [-0.15, -0.1) is 0 Å². The van der Waals surface area contributed by atoms with Gasteiger partial charge in [0.25, 0.3) is 5.92 Å². The number of nitrogens with two attached hydrogens (primary N) is 1. The van der Waals surface area contributed by atoms with Gasteiger partial charge in [-0.1, -0.05) is 0 Å². The average molecular weight is 165 g/mol. The summed E-state index contributed by atoms with van der Waals surface area (Å²) >= 11 is 0. The molecule has 4 heteroatoms. The van der Waals surface area contributed by atoms with E-state index in [-0.39, 0.29) is 18.9 Å². The Labute approximate surface area is 64.7 Å². The van der Waals surface area contributed by atoms with Crippen molar-refractivity contribution >= 4 is 0 Å². The molecule has 0 aliphatic heterocycles. The highest BCUT2D eigenvalue weighted by Gasteiger charge is 2.40. The van der Waals surface area contributed by atoms with Crippen LogP contribution in [0, 0.1) is 0 Å². The monoisotopic (exact) mass is 165 g/mol. The van der Waals surface area contributed by atoms with Gasteiger partial charge < -0.3 is 10.5 Å². The zero-order valence-corrected chi connectivity index (χ0v) is 6.52. The Kier molecular flexibility index (Phi) is 2.44. The fourth-order valence-corrected chi connectivity index (χ4v) is 1.37. The van der Waals surface area contributed by atoms with Crippen molar-refractivity contribution in [3.63, 3.8) is 0 Å². The van der Waals surface area contributed by atoms with Crippen molar-refractivity contribution in [3.8, 4) is 0 Å². The van der Waals surface area contributed by atoms with Gasteiger partial charge in [0.2, 0.25) is 0 Å². The van der Waals surface area contributed by atoms with Crippen molar-refractivity contribution < 1.29 is 13.5 Å². The molecule has 0 aromatic carbocycles. The molecule has 66 valence electrons. The van der Waals surface area contributed by atoms with E-state index in [1.54, 1.807) is 0 Å². The van der Waals surface area contributed by atoms with Crippen LogP contribution in [0.1, 0.15) is 19.3 Å². The molecule has 0 aromatic heterocycles. The van der Waals surface area contributed by atoms with E-state index in [1.165, 1.54) is 7.11 Å². The summed E-state index contributed by atoms with van der Waals surface area (Å²) in [4.78, 5) is 0. The van der Waals surface area contributed by atoms with Crippen LogP contribution in [0.15, 0.2) is 0 Å². The highest BCUT2D eigenvalue weighted by molar-refractivity contribution is 4.87. The van der Waals surface area contributed by atoms with E-state index < -0.39 is 12.0 Å². The Morgan fingerprint density at radius 1 is 1.55 bits per heavy atom. The molecule has 0 radical (unpaired) electrons. The second-order valence-electron chi connectivity index (χ2n) is 3.04. The van der Waals surface area contributed by atoms with Crippen LogP contribution in [0.25, 0.3) is 0 Å². The second-order valence-corrected chi connectivity index (χ2v) is 3.04. The number of methoxy groups -OCH3 is 1. The van der Waals surface area contributed by atoms with Crippen molar-refractivity contribution in [2.75, 3.05) is 7.11 Å². The number of alkyl halides is 2. The first-order valence-corrected chi connectivity index (χ1v) is 3.71. The van der Waals surface area contributed by atoms with Crippen molar-refractivity contribution in [2.45, 2.75) is 37.3 Å². The number of halogens is 2. The molecule has 2 unspecified atom stereocenters. The first kappa shape index (κ1) is 8.87. The average Bonchev–Trinajstić information content (AvgIpc) is 1.94. The lowest BCUT2D eigenvalue weighted by Gasteiger charge is -2.32. The van der Waals surface area contributed by atoms with Gasteiger partial charge in [-0.05, 0) is 6.42 Å². The minimum Gasteiger partial charge on any atom is -0.380 e. The van der Waals surface area contributed by atoms with E-state index in [0.717, 1.165) is 0 Å². The van der Waals surface area contributed by atoms with Crippen LogP contribution in [-0.2, 0) is 4.74 Å². The summed E-state index contributed by atoms with van der Waals surface area (Å²) in [5.41, 5.74) is 5.55. The number of hydrogen-bond donors (Lipinski definition) is 1. The van der Waals surface area contributed by atoms with E-state index in [4.69, 9.17) is 10.5 Å². The molecule has 0 aromatic rings. The molecule has 0 heterocycles. The van der Waals surface area contributed by atoms with E-state index in [0.29, 0.717) is 6.42 Å². The van der Waals surface area contributed by atoms with Gasteiger partial charge >= 0.3 is 0 Å². The number of hydrogen-bond acceptors (Lipinski definition) is 2. The molecular formula is C7H13F2NO. The second kappa shape index (κ2) is 3.03. The molecular weight excluding hydrogens is 152 g/mol. The molecule has 11 heavy (non-hydrogen) atoms. The van der Waals surface area contributed by atoms with Gasteiger partial charge in [0.15, 0.2) is 0 Å².